The molecule has 0 aliphatic heterocycles. The number of allylic oxidation sites excluding steroid dienone is 2. The van der Waals surface area contributed by atoms with Crippen molar-refractivity contribution in [1.82, 2.24) is 0 Å². The average molecular weight is 443 g/mol. The fourth-order valence-corrected chi connectivity index (χ4v) is 10.5. The van der Waals surface area contributed by atoms with Gasteiger partial charge in [0.25, 0.3) is 0 Å². The third kappa shape index (κ3) is 2.61. The van der Waals surface area contributed by atoms with Gasteiger partial charge in [0, 0.05) is 0 Å². The van der Waals surface area contributed by atoms with E-state index in [4.69, 9.17) is 0 Å². The lowest BCUT2D eigenvalue weighted by atomic mass is 9.34. The topological polar surface area (TPSA) is 57.5 Å². The Labute approximate surface area is 195 Å². The molecule has 0 bridgehead atoms. The normalized spacial score (nSPS) is 54.3. The fourth-order valence-electron chi connectivity index (χ4n) is 10.5. The molecule has 0 spiro atoms. The Morgan fingerprint density at radius 1 is 0.938 bits per heavy atom. The van der Waals surface area contributed by atoms with E-state index in [-0.39, 0.29) is 33.7 Å². The van der Waals surface area contributed by atoms with Crippen molar-refractivity contribution >= 4 is 5.97 Å². The van der Waals surface area contributed by atoms with Gasteiger partial charge in [0.1, 0.15) is 0 Å². The predicted octanol–water partition coefficient (Wildman–Crippen LogP) is 6.84. The van der Waals surface area contributed by atoms with E-state index in [1.165, 1.54) is 18.4 Å². The number of aliphatic hydroxyl groups is 1. The molecule has 0 aromatic heterocycles. The van der Waals surface area contributed by atoms with Gasteiger partial charge in [0.15, 0.2) is 0 Å². The number of rotatable bonds is 1. The molecule has 180 valence electrons. The number of aliphatic hydroxyl groups excluding tert-OH is 1. The first kappa shape index (κ1) is 22.9. The molecule has 0 heterocycles. The summed E-state index contributed by atoms with van der Waals surface area (Å²) in [7, 11) is 0. The molecule has 4 saturated carbocycles. The standard InChI is InChI=1S/C29H46O3/c1-18-9-14-29(24(31)32)16-15-27(5)19(20(29)17-18)7-8-22-26(4)12-11-23(30)25(2,3)21(26)10-13-28(22,27)6/h7,18,20-23,30H,8-17H2,1-6H3,(H,31,32)/t18-,20-,21?,22?,23-,26-,27-,28+,29-/m0/s1. The van der Waals surface area contributed by atoms with Crippen LogP contribution in [-0.2, 0) is 4.79 Å². The molecule has 3 heteroatoms. The van der Waals surface area contributed by atoms with Gasteiger partial charge < -0.3 is 10.2 Å². The Bertz CT molecular complexity index is 843. The molecule has 9 atom stereocenters. The molecule has 0 radical (unpaired) electrons. The summed E-state index contributed by atoms with van der Waals surface area (Å²) in [6.45, 7) is 14.6. The van der Waals surface area contributed by atoms with Gasteiger partial charge in [-0.15, -0.1) is 0 Å². The Kier molecular flexibility index (Phi) is 4.92. The molecular formula is C29H46O3. The zero-order valence-corrected chi connectivity index (χ0v) is 21.3. The van der Waals surface area contributed by atoms with Crippen LogP contribution < -0.4 is 0 Å². The molecule has 5 aliphatic rings. The maximum absolute atomic E-state index is 12.6. The highest BCUT2D eigenvalue weighted by atomic mass is 16.4. The highest BCUT2D eigenvalue weighted by Gasteiger charge is 2.68. The van der Waals surface area contributed by atoms with Gasteiger partial charge >= 0.3 is 5.97 Å². The second-order valence-corrected chi connectivity index (χ2v) is 14.1. The van der Waals surface area contributed by atoms with Crippen LogP contribution in [0.2, 0.25) is 0 Å². The number of hydrogen-bond donors (Lipinski definition) is 2. The second-order valence-electron chi connectivity index (χ2n) is 14.1. The zero-order chi connectivity index (χ0) is 23.3. The average Bonchev–Trinajstić information content (AvgIpc) is 2.71. The summed E-state index contributed by atoms with van der Waals surface area (Å²) in [6, 6.07) is 0. The third-order valence-electron chi connectivity index (χ3n) is 12.8. The molecule has 5 rings (SSSR count). The molecule has 0 saturated heterocycles. The van der Waals surface area contributed by atoms with Crippen LogP contribution in [-0.4, -0.2) is 22.3 Å². The smallest absolute Gasteiger partial charge is 0.310 e. The summed E-state index contributed by atoms with van der Waals surface area (Å²) in [6.07, 6.45) is 12.7. The van der Waals surface area contributed by atoms with E-state index in [0.29, 0.717) is 17.8 Å². The number of hydrogen-bond acceptors (Lipinski definition) is 2. The minimum atomic E-state index is -0.539. The zero-order valence-electron chi connectivity index (χ0n) is 21.3. The van der Waals surface area contributed by atoms with Gasteiger partial charge in [-0.25, -0.2) is 0 Å². The van der Waals surface area contributed by atoms with Crippen molar-refractivity contribution in [3.63, 3.8) is 0 Å². The van der Waals surface area contributed by atoms with E-state index in [2.05, 4.69) is 47.6 Å². The Morgan fingerprint density at radius 2 is 1.66 bits per heavy atom. The van der Waals surface area contributed by atoms with Crippen LogP contribution in [0.3, 0.4) is 0 Å². The van der Waals surface area contributed by atoms with E-state index < -0.39 is 11.4 Å². The molecule has 32 heavy (non-hydrogen) atoms. The predicted molar refractivity (Wildman–Crippen MR) is 128 cm³/mol. The summed E-state index contributed by atoms with van der Waals surface area (Å²) in [5.74, 6) is 1.48. The molecular weight excluding hydrogens is 396 g/mol. The van der Waals surface area contributed by atoms with Crippen molar-refractivity contribution in [2.24, 2.45) is 50.7 Å². The molecule has 4 fully saturated rings. The monoisotopic (exact) mass is 442 g/mol. The van der Waals surface area contributed by atoms with Gasteiger partial charge in [-0.2, -0.15) is 0 Å². The maximum Gasteiger partial charge on any atom is 0.310 e. The molecule has 5 aliphatic carbocycles. The van der Waals surface area contributed by atoms with Gasteiger partial charge in [-0.05, 0) is 110 Å². The first-order valence-electron chi connectivity index (χ1n) is 13.4. The molecule has 2 N–H and O–H groups in total. The van der Waals surface area contributed by atoms with Crippen molar-refractivity contribution in [3.05, 3.63) is 11.6 Å². The van der Waals surface area contributed by atoms with Crippen LogP contribution in [0.4, 0.5) is 0 Å². The highest BCUT2D eigenvalue weighted by Crippen LogP contribution is 2.75. The number of fused-ring (bicyclic) bond motifs is 7. The lowest BCUT2D eigenvalue weighted by Gasteiger charge is -2.71. The quantitative estimate of drug-likeness (QED) is 0.437. The van der Waals surface area contributed by atoms with Gasteiger partial charge in [0.05, 0.1) is 11.5 Å². The van der Waals surface area contributed by atoms with Crippen LogP contribution in [0.1, 0.15) is 106 Å². The van der Waals surface area contributed by atoms with E-state index in [0.717, 1.165) is 51.4 Å². The molecule has 3 nitrogen and oxygen atoms in total. The Morgan fingerprint density at radius 3 is 2.34 bits per heavy atom. The van der Waals surface area contributed by atoms with Crippen LogP contribution in [0.25, 0.3) is 0 Å². The van der Waals surface area contributed by atoms with Crippen LogP contribution in [0.5, 0.6) is 0 Å². The first-order valence-corrected chi connectivity index (χ1v) is 13.4. The van der Waals surface area contributed by atoms with E-state index >= 15 is 0 Å². The summed E-state index contributed by atoms with van der Waals surface area (Å²) >= 11 is 0. The van der Waals surface area contributed by atoms with Crippen LogP contribution in [0, 0.1) is 50.7 Å². The van der Waals surface area contributed by atoms with Gasteiger partial charge in [0.2, 0.25) is 0 Å². The summed E-state index contributed by atoms with van der Waals surface area (Å²) in [5.41, 5.74) is 1.54. The summed E-state index contributed by atoms with van der Waals surface area (Å²) in [4.78, 5) is 12.6. The van der Waals surface area contributed by atoms with Crippen LogP contribution >= 0.6 is 0 Å². The molecule has 0 aromatic carbocycles. The van der Waals surface area contributed by atoms with Crippen molar-refractivity contribution in [3.8, 4) is 0 Å². The third-order valence-corrected chi connectivity index (χ3v) is 12.8. The minimum absolute atomic E-state index is 0.0247. The number of carbonyl (C=O) groups is 1. The molecule has 0 aromatic rings. The SMILES string of the molecule is C[C@H]1CC[C@]2(C(=O)O)CC[C@@]3(C)C(=CCC4[C@@]5(C)CC[C@H](O)C(C)(C)C5CC[C@]43C)[C@@H]2C1. The number of aliphatic carboxylic acids is 1. The number of carboxylic acids is 1. The van der Waals surface area contributed by atoms with Gasteiger partial charge in [-0.3, -0.25) is 4.79 Å². The molecule has 2 unspecified atom stereocenters. The maximum atomic E-state index is 12.6. The Balaban J connectivity index is 1.59. The van der Waals surface area contributed by atoms with Gasteiger partial charge in [-0.1, -0.05) is 53.2 Å². The summed E-state index contributed by atoms with van der Waals surface area (Å²) in [5, 5.41) is 21.3. The number of carboxylic acid groups (broad SMARTS) is 1. The van der Waals surface area contributed by atoms with Crippen molar-refractivity contribution < 1.29 is 15.0 Å². The second kappa shape index (κ2) is 6.86. The largest absolute Gasteiger partial charge is 0.481 e. The fraction of sp³-hybridized carbons (Fsp3) is 0.897. The highest BCUT2D eigenvalue weighted by molar-refractivity contribution is 5.76. The van der Waals surface area contributed by atoms with Crippen molar-refractivity contribution in [1.29, 1.82) is 0 Å². The van der Waals surface area contributed by atoms with E-state index in [1.54, 1.807) is 0 Å². The van der Waals surface area contributed by atoms with E-state index in [9.17, 15) is 15.0 Å². The van der Waals surface area contributed by atoms with Crippen LogP contribution in [0.15, 0.2) is 11.6 Å². The van der Waals surface area contributed by atoms with Crippen molar-refractivity contribution in [2.45, 2.75) is 112 Å². The lowest BCUT2D eigenvalue weighted by molar-refractivity contribution is -0.204. The molecule has 0 amide bonds. The minimum Gasteiger partial charge on any atom is -0.481 e. The summed E-state index contributed by atoms with van der Waals surface area (Å²) < 4.78 is 0. The van der Waals surface area contributed by atoms with E-state index in [1.807, 2.05) is 0 Å². The first-order chi connectivity index (χ1) is 14.8. The van der Waals surface area contributed by atoms with Crippen molar-refractivity contribution in [2.75, 3.05) is 0 Å². The lowest BCUT2D eigenvalue weighted by Crippen LogP contribution is -2.64. The Hall–Kier alpha value is -0.830.